The molecule has 0 bridgehead atoms. The van der Waals surface area contributed by atoms with Crippen molar-refractivity contribution >= 4 is 11.9 Å². The average Bonchev–Trinajstić information content (AvgIpc) is 2.42. The van der Waals surface area contributed by atoms with Crippen LogP contribution in [-0.4, -0.2) is 19.9 Å². The third kappa shape index (κ3) is 3.20. The van der Waals surface area contributed by atoms with Crippen LogP contribution < -0.4 is 4.90 Å². The van der Waals surface area contributed by atoms with Crippen molar-refractivity contribution in [1.29, 1.82) is 0 Å². The molecule has 0 atom stereocenters. The van der Waals surface area contributed by atoms with Crippen LogP contribution in [0.2, 0.25) is 0 Å². The van der Waals surface area contributed by atoms with Crippen LogP contribution in [0.4, 0.5) is 5.69 Å². The number of benzene rings is 2. The Morgan fingerprint density at radius 2 is 1.67 bits per heavy atom. The molecule has 0 fully saturated rings. The Bertz CT molecular complexity index is 518. The molecule has 18 heavy (non-hydrogen) atoms. The molecule has 0 aliphatic carbocycles. The van der Waals surface area contributed by atoms with Crippen LogP contribution >= 0.6 is 0 Å². The first kappa shape index (κ1) is 12.4. The molecule has 2 heteroatoms. The number of anilines is 1. The maximum Gasteiger partial charge on any atom is 0.109 e. The van der Waals surface area contributed by atoms with Crippen LogP contribution in [0.1, 0.15) is 11.1 Å². The van der Waals surface area contributed by atoms with Gasteiger partial charge in [-0.05, 0) is 30.2 Å². The highest BCUT2D eigenvalue weighted by molar-refractivity contribution is 5.81. The minimum atomic E-state index is 0.665. The largest absolute Gasteiger partial charge is 0.355 e. The maximum atomic E-state index is 4.48. The molecule has 0 unspecified atom stereocenters. The van der Waals surface area contributed by atoms with E-state index in [4.69, 9.17) is 0 Å². The average molecular weight is 238 g/mol. The van der Waals surface area contributed by atoms with Crippen molar-refractivity contribution < 1.29 is 0 Å². The zero-order valence-corrected chi connectivity index (χ0v) is 10.9. The second-order valence-corrected chi connectivity index (χ2v) is 4.34. The fourth-order valence-electron chi connectivity index (χ4n) is 1.76. The summed E-state index contributed by atoms with van der Waals surface area (Å²) in [6, 6.07) is 18.5. The van der Waals surface area contributed by atoms with E-state index in [1.165, 1.54) is 16.8 Å². The number of aliphatic imine (C=N–C) groups is 1. The molecule has 0 N–H and O–H groups in total. The van der Waals surface area contributed by atoms with E-state index < -0.39 is 0 Å². The molecular weight excluding hydrogens is 220 g/mol. The summed E-state index contributed by atoms with van der Waals surface area (Å²) in [5, 5.41) is 0. The second kappa shape index (κ2) is 6.01. The summed E-state index contributed by atoms with van der Waals surface area (Å²) >= 11 is 0. The van der Waals surface area contributed by atoms with Gasteiger partial charge in [-0.15, -0.1) is 0 Å². The van der Waals surface area contributed by atoms with E-state index in [1.54, 1.807) is 0 Å². The van der Waals surface area contributed by atoms with Gasteiger partial charge in [0.2, 0.25) is 0 Å². The normalized spacial score (nSPS) is 10.8. The SMILES string of the molecule is Cc1ccccc1/C=N/CN(C)c1ccccc1. The van der Waals surface area contributed by atoms with E-state index in [9.17, 15) is 0 Å². The van der Waals surface area contributed by atoms with Crippen LogP contribution in [-0.2, 0) is 0 Å². The maximum absolute atomic E-state index is 4.48. The van der Waals surface area contributed by atoms with Crippen LogP contribution in [0, 0.1) is 6.92 Å². The van der Waals surface area contributed by atoms with Crippen LogP contribution in [0.25, 0.3) is 0 Å². The molecule has 2 aromatic carbocycles. The van der Waals surface area contributed by atoms with Gasteiger partial charge >= 0.3 is 0 Å². The first-order valence-corrected chi connectivity index (χ1v) is 6.09. The molecule has 92 valence electrons. The molecule has 0 saturated heterocycles. The predicted octanol–water partition coefficient (Wildman–Crippen LogP) is 3.51. The molecule has 0 heterocycles. The lowest BCUT2D eigenvalue weighted by molar-refractivity contribution is 0.937. The predicted molar refractivity (Wildman–Crippen MR) is 78.5 cm³/mol. The molecule has 2 aromatic rings. The standard InChI is InChI=1S/C16H18N2/c1-14-8-6-7-9-15(14)12-17-13-18(2)16-10-4-3-5-11-16/h3-12H,13H2,1-2H3/b17-12+. The lowest BCUT2D eigenvalue weighted by atomic mass is 10.1. The van der Waals surface area contributed by atoms with E-state index in [-0.39, 0.29) is 0 Å². The van der Waals surface area contributed by atoms with Gasteiger partial charge in [-0.1, -0.05) is 42.5 Å². The lowest BCUT2D eigenvalue weighted by Gasteiger charge is -2.16. The summed E-state index contributed by atoms with van der Waals surface area (Å²) in [6.07, 6.45) is 1.94. The van der Waals surface area contributed by atoms with E-state index >= 15 is 0 Å². The monoisotopic (exact) mass is 238 g/mol. The smallest absolute Gasteiger partial charge is 0.109 e. The van der Waals surface area contributed by atoms with E-state index in [1.807, 2.05) is 43.6 Å². The van der Waals surface area contributed by atoms with Gasteiger partial charge in [-0.2, -0.15) is 0 Å². The Hall–Kier alpha value is -2.09. The van der Waals surface area contributed by atoms with E-state index in [2.05, 4.69) is 41.1 Å². The minimum absolute atomic E-state index is 0.665. The highest BCUT2D eigenvalue weighted by Crippen LogP contribution is 2.10. The zero-order chi connectivity index (χ0) is 12.8. The van der Waals surface area contributed by atoms with Crippen molar-refractivity contribution in [2.75, 3.05) is 18.6 Å². The summed E-state index contributed by atoms with van der Waals surface area (Å²) in [5.41, 5.74) is 3.61. The fourth-order valence-corrected chi connectivity index (χ4v) is 1.76. The van der Waals surface area contributed by atoms with Crippen molar-refractivity contribution in [3.63, 3.8) is 0 Å². The van der Waals surface area contributed by atoms with Gasteiger partial charge < -0.3 is 4.90 Å². The fraction of sp³-hybridized carbons (Fsp3) is 0.188. The molecule has 0 amide bonds. The summed E-state index contributed by atoms with van der Waals surface area (Å²) in [4.78, 5) is 6.60. The highest BCUT2D eigenvalue weighted by Gasteiger charge is 1.97. The quantitative estimate of drug-likeness (QED) is 0.744. The van der Waals surface area contributed by atoms with Crippen LogP contribution in [0.5, 0.6) is 0 Å². The van der Waals surface area contributed by atoms with Crippen molar-refractivity contribution in [3.05, 3.63) is 65.7 Å². The van der Waals surface area contributed by atoms with Gasteiger partial charge in [0.15, 0.2) is 0 Å². The van der Waals surface area contributed by atoms with Crippen molar-refractivity contribution in [1.82, 2.24) is 0 Å². The van der Waals surface area contributed by atoms with Crippen molar-refractivity contribution in [3.8, 4) is 0 Å². The number of para-hydroxylation sites is 1. The van der Waals surface area contributed by atoms with Gasteiger partial charge in [0.25, 0.3) is 0 Å². The third-order valence-corrected chi connectivity index (χ3v) is 2.91. The molecule has 0 aliphatic heterocycles. The Balaban J connectivity index is 1.98. The van der Waals surface area contributed by atoms with E-state index in [0.717, 1.165) is 0 Å². The Morgan fingerprint density at radius 1 is 1.00 bits per heavy atom. The molecule has 0 spiro atoms. The molecule has 2 rings (SSSR count). The Labute approximate surface area is 109 Å². The number of hydrogen-bond acceptors (Lipinski definition) is 2. The van der Waals surface area contributed by atoms with E-state index in [0.29, 0.717) is 6.67 Å². The summed E-state index contributed by atoms with van der Waals surface area (Å²) in [7, 11) is 2.05. The van der Waals surface area contributed by atoms with Gasteiger partial charge in [0.05, 0.1) is 0 Å². The second-order valence-electron chi connectivity index (χ2n) is 4.34. The van der Waals surface area contributed by atoms with Gasteiger partial charge in [0.1, 0.15) is 6.67 Å². The molecule has 0 radical (unpaired) electrons. The Kier molecular flexibility index (Phi) is 4.13. The van der Waals surface area contributed by atoms with Gasteiger partial charge in [0, 0.05) is 18.9 Å². The topological polar surface area (TPSA) is 15.6 Å². The zero-order valence-electron chi connectivity index (χ0n) is 10.9. The summed E-state index contributed by atoms with van der Waals surface area (Å²) < 4.78 is 0. The molecular formula is C16H18N2. The molecule has 2 nitrogen and oxygen atoms in total. The first-order chi connectivity index (χ1) is 8.77. The van der Waals surface area contributed by atoms with Crippen molar-refractivity contribution in [2.45, 2.75) is 6.92 Å². The number of hydrogen-bond donors (Lipinski definition) is 0. The van der Waals surface area contributed by atoms with Crippen molar-refractivity contribution in [2.24, 2.45) is 4.99 Å². The first-order valence-electron chi connectivity index (χ1n) is 6.09. The lowest BCUT2D eigenvalue weighted by Crippen LogP contribution is -2.16. The van der Waals surface area contributed by atoms with Gasteiger partial charge in [-0.3, -0.25) is 4.99 Å². The summed E-state index contributed by atoms with van der Waals surface area (Å²) in [6.45, 7) is 2.76. The van der Waals surface area contributed by atoms with Crippen LogP contribution in [0.3, 0.4) is 0 Å². The Morgan fingerprint density at radius 3 is 2.39 bits per heavy atom. The number of rotatable bonds is 4. The minimum Gasteiger partial charge on any atom is -0.355 e. The molecule has 0 aromatic heterocycles. The van der Waals surface area contributed by atoms with Gasteiger partial charge in [-0.25, -0.2) is 0 Å². The third-order valence-electron chi connectivity index (χ3n) is 2.91. The highest BCUT2D eigenvalue weighted by atomic mass is 15.2. The summed E-state index contributed by atoms with van der Waals surface area (Å²) in [5.74, 6) is 0. The number of nitrogens with zero attached hydrogens (tertiary/aromatic N) is 2. The number of aryl methyl sites for hydroxylation is 1. The molecule has 0 saturated carbocycles. The van der Waals surface area contributed by atoms with Crippen LogP contribution in [0.15, 0.2) is 59.6 Å². The molecule has 0 aliphatic rings.